The van der Waals surface area contributed by atoms with Crippen molar-refractivity contribution in [1.82, 2.24) is 0 Å². The van der Waals surface area contributed by atoms with Crippen LogP contribution in [-0.2, 0) is 14.3 Å². The Labute approximate surface area is 90.1 Å². The van der Waals surface area contributed by atoms with Crippen molar-refractivity contribution in [3.63, 3.8) is 0 Å². The molecule has 0 radical (unpaired) electrons. The van der Waals surface area contributed by atoms with Crippen LogP contribution in [0, 0.1) is 5.21 Å². The molecule has 0 aliphatic carbocycles. The second-order valence-electron chi connectivity index (χ2n) is 3.87. The molecule has 0 spiro atoms. The molecule has 0 amide bonds. The van der Waals surface area contributed by atoms with E-state index in [0.717, 1.165) is 12.8 Å². The zero-order valence-corrected chi connectivity index (χ0v) is 9.24. The van der Waals surface area contributed by atoms with Crippen LogP contribution in [0.15, 0.2) is 0 Å². The van der Waals surface area contributed by atoms with Crippen molar-refractivity contribution >= 4 is 5.97 Å². The number of nitrogens with zero attached hydrogens (tertiary/aromatic N) is 1. The van der Waals surface area contributed by atoms with E-state index in [4.69, 9.17) is 4.74 Å². The van der Waals surface area contributed by atoms with Gasteiger partial charge in [0.05, 0.1) is 26.9 Å². The Morgan fingerprint density at radius 2 is 2.07 bits per heavy atom. The SMILES string of the molecule is COC(=O)CCCC[N+]1([O-])CCOCC1. The summed E-state index contributed by atoms with van der Waals surface area (Å²) in [5, 5.41) is 12.0. The van der Waals surface area contributed by atoms with Crippen LogP contribution >= 0.6 is 0 Å². The van der Waals surface area contributed by atoms with Crippen LogP contribution < -0.4 is 0 Å². The monoisotopic (exact) mass is 217 g/mol. The molecule has 0 aromatic heterocycles. The van der Waals surface area contributed by atoms with Crippen molar-refractivity contribution in [1.29, 1.82) is 0 Å². The van der Waals surface area contributed by atoms with Gasteiger partial charge in [-0.15, -0.1) is 0 Å². The van der Waals surface area contributed by atoms with E-state index < -0.39 is 0 Å². The normalized spacial score (nSPS) is 19.9. The van der Waals surface area contributed by atoms with E-state index in [0.29, 0.717) is 39.3 Å². The highest BCUT2D eigenvalue weighted by Crippen LogP contribution is 2.11. The van der Waals surface area contributed by atoms with Crippen LogP contribution in [0.5, 0.6) is 0 Å². The van der Waals surface area contributed by atoms with Gasteiger partial charge < -0.3 is 19.3 Å². The average molecular weight is 217 g/mol. The second-order valence-corrected chi connectivity index (χ2v) is 3.87. The van der Waals surface area contributed by atoms with Gasteiger partial charge in [0.25, 0.3) is 0 Å². The highest BCUT2D eigenvalue weighted by molar-refractivity contribution is 5.68. The van der Waals surface area contributed by atoms with E-state index in [1.165, 1.54) is 7.11 Å². The van der Waals surface area contributed by atoms with Gasteiger partial charge in [0, 0.05) is 6.42 Å². The van der Waals surface area contributed by atoms with E-state index in [1.54, 1.807) is 0 Å². The molecule has 5 nitrogen and oxygen atoms in total. The van der Waals surface area contributed by atoms with Crippen LogP contribution in [0.25, 0.3) is 0 Å². The molecule has 0 saturated carbocycles. The zero-order chi connectivity index (χ0) is 11.1. The number of unbranched alkanes of at least 4 members (excludes halogenated alkanes) is 1. The van der Waals surface area contributed by atoms with Crippen molar-refractivity contribution in [3.8, 4) is 0 Å². The number of hydrogen-bond acceptors (Lipinski definition) is 4. The van der Waals surface area contributed by atoms with Gasteiger partial charge in [-0.25, -0.2) is 0 Å². The molecule has 15 heavy (non-hydrogen) atoms. The van der Waals surface area contributed by atoms with Crippen LogP contribution in [-0.4, -0.2) is 50.6 Å². The van der Waals surface area contributed by atoms with Gasteiger partial charge in [-0.05, 0) is 12.8 Å². The number of quaternary nitrogens is 1. The molecular weight excluding hydrogens is 198 g/mol. The summed E-state index contributed by atoms with van der Waals surface area (Å²) in [7, 11) is 1.38. The number of carbonyl (C=O) groups excluding carboxylic acids is 1. The molecular formula is C10H19NO4. The van der Waals surface area contributed by atoms with Crippen molar-refractivity contribution in [2.75, 3.05) is 40.0 Å². The second kappa shape index (κ2) is 6.05. The molecule has 1 heterocycles. The summed E-state index contributed by atoms with van der Waals surface area (Å²) < 4.78 is 9.50. The lowest BCUT2D eigenvalue weighted by atomic mass is 10.2. The van der Waals surface area contributed by atoms with E-state index in [1.807, 2.05) is 0 Å². The Morgan fingerprint density at radius 3 is 2.67 bits per heavy atom. The summed E-state index contributed by atoms with van der Waals surface area (Å²) >= 11 is 0. The summed E-state index contributed by atoms with van der Waals surface area (Å²) in [5.41, 5.74) is 0. The van der Waals surface area contributed by atoms with Gasteiger partial charge in [0.2, 0.25) is 0 Å². The molecule has 0 unspecified atom stereocenters. The lowest BCUT2D eigenvalue weighted by Crippen LogP contribution is -2.50. The van der Waals surface area contributed by atoms with Crippen LogP contribution in [0.2, 0.25) is 0 Å². The lowest BCUT2D eigenvalue weighted by Gasteiger charge is -2.45. The molecule has 0 bridgehead atoms. The Hall–Kier alpha value is -0.650. The first-order chi connectivity index (χ1) is 7.16. The smallest absolute Gasteiger partial charge is 0.305 e. The third-order valence-corrected chi connectivity index (χ3v) is 2.71. The molecule has 5 heteroatoms. The van der Waals surface area contributed by atoms with Crippen LogP contribution in [0.1, 0.15) is 19.3 Å². The summed E-state index contributed by atoms with van der Waals surface area (Å²) in [6.45, 7) is 2.78. The molecule has 0 aromatic rings. The zero-order valence-electron chi connectivity index (χ0n) is 9.24. The van der Waals surface area contributed by atoms with Crippen molar-refractivity contribution in [3.05, 3.63) is 5.21 Å². The fraction of sp³-hybridized carbons (Fsp3) is 0.900. The maximum absolute atomic E-state index is 12.0. The van der Waals surface area contributed by atoms with Gasteiger partial charge in [-0.2, -0.15) is 0 Å². The topological polar surface area (TPSA) is 58.6 Å². The summed E-state index contributed by atoms with van der Waals surface area (Å²) in [6.07, 6.45) is 1.92. The predicted molar refractivity (Wildman–Crippen MR) is 54.9 cm³/mol. The third-order valence-electron chi connectivity index (χ3n) is 2.71. The molecule has 1 saturated heterocycles. The number of hydrogen-bond donors (Lipinski definition) is 0. The number of ether oxygens (including phenoxy) is 2. The summed E-state index contributed by atoms with van der Waals surface area (Å²) in [6, 6.07) is 0. The third kappa shape index (κ3) is 4.59. The lowest BCUT2D eigenvalue weighted by molar-refractivity contribution is -0.888. The van der Waals surface area contributed by atoms with Gasteiger partial charge in [-0.1, -0.05) is 0 Å². The molecule has 1 aliphatic heterocycles. The number of morpholine rings is 1. The predicted octanol–water partition coefficient (Wildman–Crippen LogP) is 0.674. The number of rotatable bonds is 5. The van der Waals surface area contributed by atoms with Gasteiger partial charge in [0.1, 0.15) is 13.1 Å². The number of carbonyl (C=O) groups is 1. The molecule has 88 valence electrons. The van der Waals surface area contributed by atoms with Gasteiger partial charge in [-0.3, -0.25) is 4.79 Å². The molecule has 1 rings (SSSR count). The minimum Gasteiger partial charge on any atom is -0.633 e. The molecule has 0 aromatic carbocycles. The Morgan fingerprint density at radius 1 is 1.40 bits per heavy atom. The number of esters is 1. The summed E-state index contributed by atoms with van der Waals surface area (Å²) in [5.74, 6) is -0.200. The molecule has 1 aliphatic rings. The first-order valence-corrected chi connectivity index (χ1v) is 5.38. The Balaban J connectivity index is 2.10. The quantitative estimate of drug-likeness (QED) is 0.294. The van der Waals surface area contributed by atoms with Gasteiger partial charge >= 0.3 is 5.97 Å². The fourth-order valence-corrected chi connectivity index (χ4v) is 1.67. The standard InChI is InChI=1S/C10H19NO4/c1-14-10(12)4-2-3-5-11(13)6-8-15-9-7-11/h2-9H2,1H3. The maximum atomic E-state index is 12.0. The van der Waals surface area contributed by atoms with Crippen molar-refractivity contribution in [2.24, 2.45) is 0 Å². The highest BCUT2D eigenvalue weighted by Gasteiger charge is 2.20. The Kier molecular flexibility index (Phi) is 5.01. The van der Waals surface area contributed by atoms with Crippen molar-refractivity contribution < 1.29 is 18.9 Å². The molecule has 1 fully saturated rings. The van der Waals surface area contributed by atoms with E-state index >= 15 is 0 Å². The number of methoxy groups -OCH3 is 1. The van der Waals surface area contributed by atoms with Crippen molar-refractivity contribution in [2.45, 2.75) is 19.3 Å². The Bertz CT molecular complexity index is 202. The maximum Gasteiger partial charge on any atom is 0.305 e. The fourth-order valence-electron chi connectivity index (χ4n) is 1.67. The largest absolute Gasteiger partial charge is 0.633 e. The van der Waals surface area contributed by atoms with E-state index in [9.17, 15) is 10.0 Å². The minimum absolute atomic E-state index is 0.166. The van der Waals surface area contributed by atoms with Crippen LogP contribution in [0.4, 0.5) is 0 Å². The first kappa shape index (κ1) is 12.4. The molecule has 0 N–H and O–H groups in total. The minimum atomic E-state index is -0.200. The number of hydroxylamine groups is 3. The van der Waals surface area contributed by atoms with E-state index in [-0.39, 0.29) is 10.6 Å². The van der Waals surface area contributed by atoms with E-state index in [2.05, 4.69) is 4.74 Å². The first-order valence-electron chi connectivity index (χ1n) is 5.38. The highest BCUT2D eigenvalue weighted by atomic mass is 16.6. The average Bonchev–Trinajstić information content (AvgIpc) is 2.25. The molecule has 0 atom stereocenters. The van der Waals surface area contributed by atoms with Crippen LogP contribution in [0.3, 0.4) is 0 Å². The summed E-state index contributed by atoms with van der Waals surface area (Å²) in [4.78, 5) is 10.8. The van der Waals surface area contributed by atoms with Gasteiger partial charge in [0.15, 0.2) is 0 Å².